The molecule has 0 spiro atoms. The summed E-state index contributed by atoms with van der Waals surface area (Å²) in [5.74, 6) is 0.981. The number of aromatic nitrogens is 2. The molecule has 0 atom stereocenters. The lowest BCUT2D eigenvalue weighted by molar-refractivity contribution is 0.715. The van der Waals surface area contributed by atoms with Gasteiger partial charge in [-0.2, -0.15) is 0 Å². The molecule has 3 rings (SSSR count). The lowest BCUT2D eigenvalue weighted by Gasteiger charge is -2.13. The van der Waals surface area contributed by atoms with Gasteiger partial charge in [0.25, 0.3) is 0 Å². The van der Waals surface area contributed by atoms with Crippen LogP contribution in [0.2, 0.25) is 10.3 Å². The molecule has 0 saturated heterocycles. The number of nitrogens with zero attached hydrogens (tertiary/aromatic N) is 2. The Morgan fingerprint density at radius 1 is 1.05 bits per heavy atom. The first-order chi connectivity index (χ1) is 9.65. The third kappa shape index (κ3) is 2.85. The van der Waals surface area contributed by atoms with Gasteiger partial charge in [0.15, 0.2) is 5.82 Å². The Kier molecular flexibility index (Phi) is 4.29. The van der Waals surface area contributed by atoms with E-state index in [-0.39, 0.29) is 0 Å². The van der Waals surface area contributed by atoms with E-state index in [9.17, 15) is 0 Å². The molecule has 1 aromatic carbocycles. The summed E-state index contributed by atoms with van der Waals surface area (Å²) in [4.78, 5) is 8.88. The molecule has 1 heterocycles. The third-order valence-corrected chi connectivity index (χ3v) is 4.77. The fourth-order valence-electron chi connectivity index (χ4n) is 2.72. The average Bonchev–Trinajstić information content (AvgIpc) is 2.91. The number of hydrogen-bond acceptors (Lipinski definition) is 2. The molecule has 0 radical (unpaired) electrons. The number of rotatable bonds is 2. The second-order valence-electron chi connectivity index (χ2n) is 5.03. The molecule has 0 bridgehead atoms. The molecule has 0 aliphatic heterocycles. The molecule has 1 fully saturated rings. The van der Waals surface area contributed by atoms with Crippen LogP contribution in [-0.2, 0) is 0 Å². The van der Waals surface area contributed by atoms with Crippen LogP contribution in [0.15, 0.2) is 28.7 Å². The predicted octanol–water partition coefficient (Wildman–Crippen LogP) is 5.87. The smallest absolute Gasteiger partial charge is 0.162 e. The predicted molar refractivity (Wildman–Crippen MR) is 86.4 cm³/mol. The van der Waals surface area contributed by atoms with Crippen LogP contribution < -0.4 is 0 Å². The fourth-order valence-corrected chi connectivity index (χ4v) is 3.82. The second kappa shape index (κ2) is 6.00. The SMILES string of the molecule is Clc1nc(-c2cccc(Br)c2)nc(Cl)c1C1CCCC1. The molecular formula is C15H13BrCl2N2. The van der Waals surface area contributed by atoms with Crippen molar-refractivity contribution < 1.29 is 0 Å². The van der Waals surface area contributed by atoms with Crippen molar-refractivity contribution in [3.63, 3.8) is 0 Å². The summed E-state index contributed by atoms with van der Waals surface area (Å²) in [6, 6.07) is 7.80. The van der Waals surface area contributed by atoms with Gasteiger partial charge in [0, 0.05) is 15.6 Å². The van der Waals surface area contributed by atoms with Crippen molar-refractivity contribution in [3.05, 3.63) is 44.6 Å². The van der Waals surface area contributed by atoms with Gasteiger partial charge in [-0.1, -0.05) is 64.1 Å². The molecular weight excluding hydrogens is 359 g/mol. The van der Waals surface area contributed by atoms with Gasteiger partial charge >= 0.3 is 0 Å². The minimum absolute atomic E-state index is 0.409. The number of benzene rings is 1. The van der Waals surface area contributed by atoms with E-state index in [1.807, 2.05) is 24.3 Å². The topological polar surface area (TPSA) is 25.8 Å². The van der Waals surface area contributed by atoms with Crippen LogP contribution in [0, 0.1) is 0 Å². The van der Waals surface area contributed by atoms with Crippen molar-refractivity contribution in [2.75, 3.05) is 0 Å². The van der Waals surface area contributed by atoms with Crippen molar-refractivity contribution in [1.29, 1.82) is 0 Å². The van der Waals surface area contributed by atoms with Crippen molar-refractivity contribution >= 4 is 39.1 Å². The lowest BCUT2D eigenvalue weighted by atomic mass is 10.0. The van der Waals surface area contributed by atoms with Gasteiger partial charge in [0.2, 0.25) is 0 Å². The first-order valence-corrected chi connectivity index (χ1v) is 8.19. The van der Waals surface area contributed by atoms with E-state index in [1.54, 1.807) is 0 Å². The minimum Gasteiger partial charge on any atom is -0.216 e. The molecule has 0 N–H and O–H groups in total. The molecule has 104 valence electrons. The van der Waals surface area contributed by atoms with Crippen LogP contribution in [-0.4, -0.2) is 9.97 Å². The Balaban J connectivity index is 2.03. The Bertz CT molecular complexity index is 617. The van der Waals surface area contributed by atoms with Crippen LogP contribution in [0.4, 0.5) is 0 Å². The molecule has 2 aromatic rings. The Morgan fingerprint density at radius 3 is 2.30 bits per heavy atom. The molecule has 5 heteroatoms. The van der Waals surface area contributed by atoms with Gasteiger partial charge in [0.05, 0.1) is 0 Å². The Hall–Kier alpha value is -0.640. The van der Waals surface area contributed by atoms with Crippen molar-refractivity contribution in [1.82, 2.24) is 9.97 Å². The maximum Gasteiger partial charge on any atom is 0.162 e. The van der Waals surface area contributed by atoms with Crippen molar-refractivity contribution in [3.8, 4) is 11.4 Å². The van der Waals surface area contributed by atoms with E-state index in [0.29, 0.717) is 22.0 Å². The zero-order valence-electron chi connectivity index (χ0n) is 10.7. The van der Waals surface area contributed by atoms with Crippen LogP contribution in [0.3, 0.4) is 0 Å². The van der Waals surface area contributed by atoms with Crippen LogP contribution >= 0.6 is 39.1 Å². The van der Waals surface area contributed by atoms with Gasteiger partial charge in [-0.3, -0.25) is 0 Å². The van der Waals surface area contributed by atoms with Gasteiger partial charge < -0.3 is 0 Å². The Morgan fingerprint density at radius 2 is 1.70 bits per heavy atom. The third-order valence-electron chi connectivity index (χ3n) is 3.70. The highest BCUT2D eigenvalue weighted by atomic mass is 79.9. The largest absolute Gasteiger partial charge is 0.216 e. The first-order valence-electron chi connectivity index (χ1n) is 6.64. The summed E-state index contributed by atoms with van der Waals surface area (Å²) in [5.41, 5.74) is 1.82. The zero-order valence-corrected chi connectivity index (χ0v) is 13.8. The van der Waals surface area contributed by atoms with Gasteiger partial charge in [-0.25, -0.2) is 9.97 Å². The molecule has 20 heavy (non-hydrogen) atoms. The van der Waals surface area contributed by atoms with Crippen LogP contribution in [0.1, 0.15) is 37.2 Å². The minimum atomic E-state index is 0.409. The molecule has 1 aliphatic carbocycles. The summed E-state index contributed by atoms with van der Waals surface area (Å²) in [5, 5.41) is 0.985. The maximum absolute atomic E-state index is 6.36. The molecule has 2 nitrogen and oxygen atoms in total. The van der Waals surface area contributed by atoms with E-state index in [2.05, 4.69) is 25.9 Å². The van der Waals surface area contributed by atoms with Crippen molar-refractivity contribution in [2.45, 2.75) is 31.6 Å². The highest BCUT2D eigenvalue weighted by molar-refractivity contribution is 9.10. The maximum atomic E-state index is 6.36. The summed E-state index contributed by atoms with van der Waals surface area (Å²) < 4.78 is 0.978. The standard InChI is InChI=1S/C15H13BrCl2N2/c16-11-7-3-6-10(8-11)15-19-13(17)12(14(18)20-15)9-4-1-2-5-9/h3,6-9H,1-2,4-5H2. The summed E-state index contributed by atoms with van der Waals surface area (Å²) in [7, 11) is 0. The van der Waals surface area contributed by atoms with Crippen molar-refractivity contribution in [2.24, 2.45) is 0 Å². The van der Waals surface area contributed by atoms with Crippen LogP contribution in [0.25, 0.3) is 11.4 Å². The van der Waals surface area contributed by atoms with E-state index in [0.717, 1.165) is 28.4 Å². The summed E-state index contributed by atoms with van der Waals surface area (Å²) >= 11 is 16.2. The summed E-state index contributed by atoms with van der Waals surface area (Å²) in [6.07, 6.45) is 4.70. The molecule has 0 unspecified atom stereocenters. The number of halogens is 3. The monoisotopic (exact) mass is 370 g/mol. The van der Waals surface area contributed by atoms with E-state index < -0.39 is 0 Å². The van der Waals surface area contributed by atoms with E-state index in [4.69, 9.17) is 23.2 Å². The molecule has 1 aromatic heterocycles. The highest BCUT2D eigenvalue weighted by Crippen LogP contribution is 2.40. The molecule has 1 saturated carbocycles. The lowest BCUT2D eigenvalue weighted by Crippen LogP contribution is -2.01. The number of hydrogen-bond donors (Lipinski definition) is 0. The first kappa shape index (κ1) is 14.3. The zero-order chi connectivity index (χ0) is 14.1. The Labute approximate surface area is 136 Å². The second-order valence-corrected chi connectivity index (χ2v) is 6.67. The quantitative estimate of drug-likeness (QED) is 0.617. The van der Waals surface area contributed by atoms with E-state index >= 15 is 0 Å². The molecule has 1 aliphatic rings. The fraction of sp³-hybridized carbons (Fsp3) is 0.333. The molecule has 0 amide bonds. The van der Waals surface area contributed by atoms with Gasteiger partial charge in [-0.05, 0) is 30.9 Å². The van der Waals surface area contributed by atoms with Crippen LogP contribution in [0.5, 0.6) is 0 Å². The normalized spacial score (nSPS) is 15.8. The highest BCUT2D eigenvalue weighted by Gasteiger charge is 2.24. The van der Waals surface area contributed by atoms with Gasteiger partial charge in [-0.15, -0.1) is 0 Å². The average molecular weight is 372 g/mol. The van der Waals surface area contributed by atoms with Gasteiger partial charge in [0.1, 0.15) is 10.3 Å². The van der Waals surface area contributed by atoms with E-state index in [1.165, 1.54) is 12.8 Å². The summed E-state index contributed by atoms with van der Waals surface area (Å²) in [6.45, 7) is 0.